The molecule has 1 rings (SSSR count). The van der Waals surface area contributed by atoms with E-state index < -0.39 is 16.3 Å². The third-order valence-corrected chi connectivity index (χ3v) is 8.44. The second-order valence-corrected chi connectivity index (χ2v) is 17.1. The van der Waals surface area contributed by atoms with Crippen molar-refractivity contribution in [1.29, 1.82) is 0 Å². The van der Waals surface area contributed by atoms with Crippen molar-refractivity contribution in [3.63, 3.8) is 0 Å². The highest BCUT2D eigenvalue weighted by molar-refractivity contribution is 6.83. The lowest BCUT2D eigenvalue weighted by Crippen LogP contribution is -2.51. The fourth-order valence-corrected chi connectivity index (χ4v) is 6.65. The average Bonchev–Trinajstić information content (AvgIpc) is 2.50. The van der Waals surface area contributed by atoms with Crippen LogP contribution >= 0.6 is 0 Å². The van der Waals surface area contributed by atoms with Gasteiger partial charge in [-0.05, 0) is 19.4 Å². The van der Waals surface area contributed by atoms with E-state index in [9.17, 15) is 0 Å². The molecular weight excluding hydrogens is 226 g/mol. The molecule has 94 valence electrons. The van der Waals surface area contributed by atoms with Gasteiger partial charge < -0.3 is 4.57 Å². The van der Waals surface area contributed by atoms with Crippen molar-refractivity contribution in [2.24, 2.45) is 0 Å². The summed E-state index contributed by atoms with van der Waals surface area (Å²) < 4.78 is 2.80. The Kier molecular flexibility index (Phi) is 4.25. The van der Waals surface area contributed by atoms with Crippen molar-refractivity contribution in [2.75, 3.05) is 6.54 Å². The maximum Gasteiger partial charge on any atom is 0.119 e. The summed E-state index contributed by atoms with van der Waals surface area (Å²) in [6.07, 6.45) is 5.21. The van der Waals surface area contributed by atoms with E-state index in [1.165, 1.54) is 19.4 Å². The summed E-state index contributed by atoms with van der Waals surface area (Å²) in [6, 6.07) is 0.818. The lowest BCUT2D eigenvalue weighted by Gasteiger charge is -2.39. The topological polar surface area (TPSA) is 3.24 Å². The number of hydrogen-bond acceptors (Lipinski definition) is 1. The molecule has 16 heavy (non-hydrogen) atoms. The fraction of sp³-hybridized carbons (Fsp3) is 0.846. The first-order valence-electron chi connectivity index (χ1n) is 6.62. The third-order valence-electron chi connectivity index (χ3n) is 3.70. The Morgan fingerprint density at radius 1 is 1.19 bits per heavy atom. The van der Waals surface area contributed by atoms with E-state index in [2.05, 4.69) is 56.8 Å². The number of hydrogen-bond donors (Lipinski definition) is 0. The van der Waals surface area contributed by atoms with Gasteiger partial charge in [-0.3, -0.25) is 0 Å². The van der Waals surface area contributed by atoms with E-state index in [0.29, 0.717) is 0 Å². The molecule has 0 saturated carbocycles. The van der Waals surface area contributed by atoms with Gasteiger partial charge in [0.1, 0.15) is 8.24 Å². The van der Waals surface area contributed by atoms with Crippen LogP contribution in [0.1, 0.15) is 19.8 Å². The minimum Gasteiger partial charge on any atom is -0.321 e. The highest BCUT2D eigenvalue weighted by Crippen LogP contribution is 2.32. The average molecular weight is 256 g/mol. The fourth-order valence-electron chi connectivity index (χ4n) is 2.83. The molecule has 0 aliphatic heterocycles. The van der Waals surface area contributed by atoms with Gasteiger partial charge in [0.05, 0.1) is 8.07 Å². The summed E-state index contributed by atoms with van der Waals surface area (Å²) in [7, 11) is -2.16. The molecule has 0 aromatic rings. The van der Waals surface area contributed by atoms with Crippen LogP contribution in [-0.4, -0.2) is 33.5 Å². The van der Waals surface area contributed by atoms with E-state index in [0.717, 1.165) is 6.04 Å². The van der Waals surface area contributed by atoms with Crippen LogP contribution in [0, 0.1) is 0 Å². The second kappa shape index (κ2) is 4.79. The van der Waals surface area contributed by atoms with Crippen LogP contribution in [0.5, 0.6) is 0 Å². The molecule has 1 aliphatic carbocycles. The SMILES string of the molecule is CCN(C1CC=C([Si](C)(C)C)C1)[Si](C)(C)C. The molecule has 3 heteroatoms. The molecule has 1 atom stereocenters. The monoisotopic (exact) mass is 255 g/mol. The van der Waals surface area contributed by atoms with Crippen molar-refractivity contribution in [2.45, 2.75) is 65.1 Å². The lowest BCUT2D eigenvalue weighted by molar-refractivity contribution is 0.340. The van der Waals surface area contributed by atoms with Crippen LogP contribution in [0.3, 0.4) is 0 Å². The van der Waals surface area contributed by atoms with Crippen LogP contribution in [-0.2, 0) is 0 Å². The van der Waals surface area contributed by atoms with Crippen molar-refractivity contribution in [3.8, 4) is 0 Å². The zero-order valence-electron chi connectivity index (χ0n) is 12.2. The van der Waals surface area contributed by atoms with Gasteiger partial charge in [0.25, 0.3) is 0 Å². The summed E-state index contributed by atoms with van der Waals surface area (Å²) >= 11 is 0. The van der Waals surface area contributed by atoms with Crippen LogP contribution in [0.15, 0.2) is 11.3 Å². The van der Waals surface area contributed by atoms with Crippen molar-refractivity contribution < 1.29 is 0 Å². The molecule has 0 spiro atoms. The first-order chi connectivity index (χ1) is 7.16. The van der Waals surface area contributed by atoms with E-state index in [1.807, 2.05) is 0 Å². The van der Waals surface area contributed by atoms with Gasteiger partial charge >= 0.3 is 0 Å². The van der Waals surface area contributed by atoms with E-state index in [-0.39, 0.29) is 0 Å². The Morgan fingerprint density at radius 2 is 1.75 bits per heavy atom. The summed E-state index contributed by atoms with van der Waals surface area (Å²) in [5, 5.41) is 1.80. The second-order valence-electron chi connectivity index (χ2n) is 7.03. The Morgan fingerprint density at radius 3 is 2.06 bits per heavy atom. The maximum atomic E-state index is 2.80. The Hall–Kier alpha value is 0.134. The number of rotatable bonds is 4. The molecule has 0 heterocycles. The molecule has 1 aliphatic rings. The molecule has 0 radical (unpaired) electrons. The van der Waals surface area contributed by atoms with Gasteiger partial charge in [0, 0.05) is 6.04 Å². The lowest BCUT2D eigenvalue weighted by atomic mass is 10.2. The molecule has 0 aromatic carbocycles. The number of nitrogens with zero attached hydrogens (tertiary/aromatic N) is 1. The standard InChI is InChI=1S/C13H29NSi2/c1-8-14(16(5,6)7)12-9-10-13(11-12)15(2,3)4/h10,12H,8-9,11H2,1-7H3. The van der Waals surface area contributed by atoms with Gasteiger partial charge in [-0.25, -0.2) is 0 Å². The summed E-state index contributed by atoms with van der Waals surface area (Å²) in [5.41, 5.74) is 0. The van der Waals surface area contributed by atoms with Gasteiger partial charge in [0.2, 0.25) is 0 Å². The molecule has 0 N–H and O–H groups in total. The van der Waals surface area contributed by atoms with E-state index >= 15 is 0 Å². The zero-order valence-corrected chi connectivity index (χ0v) is 14.2. The predicted octanol–water partition coefficient (Wildman–Crippen LogP) is 4.11. The van der Waals surface area contributed by atoms with Crippen LogP contribution in [0.2, 0.25) is 39.3 Å². The van der Waals surface area contributed by atoms with Gasteiger partial charge in [0.15, 0.2) is 0 Å². The van der Waals surface area contributed by atoms with E-state index in [1.54, 1.807) is 5.20 Å². The third kappa shape index (κ3) is 3.31. The first-order valence-corrected chi connectivity index (χ1v) is 13.6. The largest absolute Gasteiger partial charge is 0.321 e. The zero-order chi connectivity index (χ0) is 12.6. The van der Waals surface area contributed by atoms with Crippen molar-refractivity contribution in [3.05, 3.63) is 11.3 Å². The quantitative estimate of drug-likeness (QED) is 0.683. The molecule has 0 saturated heterocycles. The van der Waals surface area contributed by atoms with Gasteiger partial charge in [-0.1, -0.05) is 57.5 Å². The smallest absolute Gasteiger partial charge is 0.119 e. The summed E-state index contributed by atoms with van der Waals surface area (Å²) in [6.45, 7) is 18.4. The minimum absolute atomic E-state index is 0.818. The van der Waals surface area contributed by atoms with Gasteiger partial charge in [-0.2, -0.15) is 0 Å². The Bertz CT molecular complexity index is 271. The molecule has 1 unspecified atom stereocenters. The van der Waals surface area contributed by atoms with Crippen molar-refractivity contribution >= 4 is 16.3 Å². The minimum atomic E-state index is -1.12. The molecule has 0 amide bonds. The van der Waals surface area contributed by atoms with Gasteiger partial charge in [-0.15, -0.1) is 0 Å². The normalized spacial score (nSPS) is 22.8. The molecule has 1 nitrogen and oxygen atoms in total. The summed E-state index contributed by atoms with van der Waals surface area (Å²) in [4.78, 5) is 0. The molecule has 0 bridgehead atoms. The molecular formula is C13H29NSi2. The van der Waals surface area contributed by atoms with Crippen molar-refractivity contribution in [1.82, 2.24) is 4.57 Å². The molecule has 0 fully saturated rings. The Labute approximate surface area is 104 Å². The Balaban J connectivity index is 2.69. The molecule has 0 aromatic heterocycles. The highest BCUT2D eigenvalue weighted by Gasteiger charge is 2.34. The van der Waals surface area contributed by atoms with Crippen LogP contribution in [0.4, 0.5) is 0 Å². The summed E-state index contributed by atoms with van der Waals surface area (Å²) in [5.74, 6) is 0. The highest BCUT2D eigenvalue weighted by atomic mass is 28.3. The first kappa shape index (κ1) is 14.2. The van der Waals surface area contributed by atoms with Crippen LogP contribution < -0.4 is 0 Å². The predicted molar refractivity (Wildman–Crippen MR) is 80.2 cm³/mol. The maximum absolute atomic E-state index is 2.80. The van der Waals surface area contributed by atoms with Crippen LogP contribution in [0.25, 0.3) is 0 Å². The van der Waals surface area contributed by atoms with E-state index in [4.69, 9.17) is 0 Å².